The second-order valence-electron chi connectivity index (χ2n) is 3.40. The van der Waals surface area contributed by atoms with Crippen molar-refractivity contribution in [3.8, 4) is 0 Å². The van der Waals surface area contributed by atoms with Gasteiger partial charge in [0.2, 0.25) is 0 Å². The third kappa shape index (κ3) is 2.71. The zero-order valence-corrected chi connectivity index (χ0v) is 8.48. The van der Waals surface area contributed by atoms with Crippen LogP contribution in [0.5, 0.6) is 0 Å². The smallest absolute Gasteiger partial charge is 0.158 e. The van der Waals surface area contributed by atoms with Crippen molar-refractivity contribution in [3.63, 3.8) is 0 Å². The Morgan fingerprint density at radius 2 is 2.08 bits per heavy atom. The highest BCUT2D eigenvalue weighted by molar-refractivity contribution is 4.83. The Hall–Kier alpha value is -0.160. The highest BCUT2D eigenvalue weighted by atomic mass is 16.5. The minimum Gasteiger partial charge on any atom is -0.633 e. The number of quaternary nitrogens is 1. The number of likely N-dealkylation sites (N-methyl/N-ethyl adjacent to an activating group) is 2. The molecule has 4 nitrogen and oxygen atoms in total. The summed E-state index contributed by atoms with van der Waals surface area (Å²) in [5.74, 6) is 0. The van der Waals surface area contributed by atoms with Crippen LogP contribution in [0.1, 0.15) is 27.2 Å². The molecule has 0 saturated heterocycles. The summed E-state index contributed by atoms with van der Waals surface area (Å²) >= 11 is 0. The molecular weight excluding hydrogens is 154 g/mol. The second kappa shape index (κ2) is 4.77. The molecule has 3 atom stereocenters. The van der Waals surface area contributed by atoms with E-state index in [9.17, 15) is 5.21 Å². The number of rotatable bonds is 5. The van der Waals surface area contributed by atoms with Gasteiger partial charge in [0.1, 0.15) is 0 Å². The van der Waals surface area contributed by atoms with Crippen LogP contribution in [0.15, 0.2) is 0 Å². The Bertz CT molecular complexity index is 127. The molecule has 0 spiro atoms. The second-order valence-corrected chi connectivity index (χ2v) is 3.40. The lowest BCUT2D eigenvalue weighted by atomic mass is 9.96. The summed E-state index contributed by atoms with van der Waals surface area (Å²) in [6.45, 7) is 6.30. The van der Waals surface area contributed by atoms with Crippen LogP contribution in [0.4, 0.5) is 0 Å². The van der Waals surface area contributed by atoms with Crippen molar-refractivity contribution in [2.45, 2.75) is 38.9 Å². The lowest BCUT2D eigenvalue weighted by Gasteiger charge is -2.39. The third-order valence-electron chi connectivity index (χ3n) is 2.38. The number of hydroxylamine groups is 2. The summed E-state index contributed by atoms with van der Waals surface area (Å²) in [5, 5.41) is 14.6. The van der Waals surface area contributed by atoms with Crippen molar-refractivity contribution in [2.24, 2.45) is 5.73 Å². The standard InChI is InChI=1S/C8H21N3O/c1-5-8(3,9)7(10-4)11(12)6-2/h7,10-11H,5-6,9H2,1-4H3. The van der Waals surface area contributed by atoms with E-state index < -0.39 is 5.54 Å². The van der Waals surface area contributed by atoms with E-state index in [1.807, 2.05) is 20.8 Å². The first-order chi connectivity index (χ1) is 5.49. The first-order valence-electron chi connectivity index (χ1n) is 4.48. The maximum absolute atomic E-state index is 11.4. The number of nitrogens with two attached hydrogens (primary N) is 1. The Balaban J connectivity index is 4.32. The van der Waals surface area contributed by atoms with Crippen molar-refractivity contribution in [2.75, 3.05) is 13.6 Å². The Labute approximate surface area is 74.7 Å². The minimum atomic E-state index is -0.429. The van der Waals surface area contributed by atoms with E-state index in [2.05, 4.69) is 5.32 Å². The topological polar surface area (TPSA) is 65.5 Å². The molecule has 0 fully saturated rings. The van der Waals surface area contributed by atoms with Crippen LogP contribution in [0.25, 0.3) is 0 Å². The van der Waals surface area contributed by atoms with Crippen molar-refractivity contribution in [1.82, 2.24) is 5.32 Å². The first kappa shape index (κ1) is 11.8. The average Bonchev–Trinajstić information content (AvgIpc) is 2.05. The van der Waals surface area contributed by atoms with E-state index in [0.29, 0.717) is 6.54 Å². The molecule has 12 heavy (non-hydrogen) atoms. The highest BCUT2D eigenvalue weighted by Crippen LogP contribution is 2.05. The summed E-state index contributed by atoms with van der Waals surface area (Å²) < 4.78 is 0. The normalized spacial score (nSPS) is 21.5. The molecular formula is C8H21N3O. The third-order valence-corrected chi connectivity index (χ3v) is 2.38. The first-order valence-corrected chi connectivity index (χ1v) is 4.48. The fourth-order valence-electron chi connectivity index (χ4n) is 1.27. The molecule has 74 valence electrons. The van der Waals surface area contributed by atoms with Gasteiger partial charge in [0, 0.05) is 0 Å². The minimum absolute atomic E-state index is 0.185. The molecule has 0 aliphatic rings. The van der Waals surface area contributed by atoms with E-state index in [-0.39, 0.29) is 11.2 Å². The van der Waals surface area contributed by atoms with E-state index in [1.165, 1.54) is 0 Å². The van der Waals surface area contributed by atoms with Crippen LogP contribution < -0.4 is 16.1 Å². The molecule has 3 unspecified atom stereocenters. The van der Waals surface area contributed by atoms with Crippen LogP contribution in [0, 0.1) is 5.21 Å². The zero-order chi connectivity index (χ0) is 9.78. The van der Waals surface area contributed by atoms with E-state index >= 15 is 0 Å². The predicted molar refractivity (Wildman–Crippen MR) is 50.6 cm³/mol. The van der Waals surface area contributed by atoms with Crippen molar-refractivity contribution in [3.05, 3.63) is 5.21 Å². The molecule has 0 aromatic carbocycles. The maximum Gasteiger partial charge on any atom is 0.158 e. The van der Waals surface area contributed by atoms with Gasteiger partial charge in [-0.3, -0.25) is 5.32 Å². The van der Waals surface area contributed by atoms with E-state index in [0.717, 1.165) is 6.42 Å². The summed E-state index contributed by atoms with van der Waals surface area (Å²) in [5.41, 5.74) is 5.54. The molecule has 0 aliphatic heterocycles. The molecule has 0 aliphatic carbocycles. The quantitative estimate of drug-likeness (QED) is 0.373. The highest BCUT2D eigenvalue weighted by Gasteiger charge is 2.31. The molecule has 0 saturated carbocycles. The van der Waals surface area contributed by atoms with Crippen molar-refractivity contribution in [1.29, 1.82) is 0 Å². The zero-order valence-electron chi connectivity index (χ0n) is 8.48. The Morgan fingerprint density at radius 3 is 2.33 bits per heavy atom. The van der Waals surface area contributed by atoms with Gasteiger partial charge in [-0.15, -0.1) is 0 Å². The number of hydrogen-bond acceptors (Lipinski definition) is 3. The van der Waals surface area contributed by atoms with Crippen LogP contribution in [0.2, 0.25) is 0 Å². The van der Waals surface area contributed by atoms with Crippen LogP contribution in [-0.4, -0.2) is 25.3 Å². The average molecular weight is 175 g/mol. The lowest BCUT2D eigenvalue weighted by Crippen LogP contribution is -3.16. The Kier molecular flexibility index (Phi) is 4.70. The predicted octanol–water partition coefficient (Wildman–Crippen LogP) is -0.938. The monoisotopic (exact) mass is 175 g/mol. The van der Waals surface area contributed by atoms with Crippen LogP contribution in [0.3, 0.4) is 0 Å². The largest absolute Gasteiger partial charge is 0.633 e. The van der Waals surface area contributed by atoms with E-state index in [1.54, 1.807) is 7.05 Å². The fraction of sp³-hybridized carbons (Fsp3) is 1.00. The number of nitrogens with one attached hydrogen (secondary N) is 2. The van der Waals surface area contributed by atoms with Gasteiger partial charge < -0.3 is 16.0 Å². The molecule has 4 heteroatoms. The van der Waals surface area contributed by atoms with E-state index in [4.69, 9.17) is 5.73 Å². The van der Waals surface area contributed by atoms with Crippen LogP contribution >= 0.6 is 0 Å². The molecule has 0 rings (SSSR count). The molecule has 0 aromatic rings. The van der Waals surface area contributed by atoms with Gasteiger partial charge >= 0.3 is 0 Å². The van der Waals surface area contributed by atoms with Gasteiger partial charge in [-0.05, 0) is 27.3 Å². The summed E-state index contributed by atoms with van der Waals surface area (Å²) in [4.78, 5) is 0. The van der Waals surface area contributed by atoms with Gasteiger partial charge in [0.15, 0.2) is 6.17 Å². The fourth-order valence-corrected chi connectivity index (χ4v) is 1.27. The lowest BCUT2D eigenvalue weighted by molar-refractivity contribution is -0.881. The van der Waals surface area contributed by atoms with Gasteiger partial charge in [-0.25, -0.2) is 0 Å². The molecule has 0 bridgehead atoms. The molecule has 0 radical (unpaired) electrons. The molecule has 0 amide bonds. The van der Waals surface area contributed by atoms with Crippen molar-refractivity contribution >= 4 is 0 Å². The maximum atomic E-state index is 11.4. The molecule has 0 heterocycles. The Morgan fingerprint density at radius 1 is 1.58 bits per heavy atom. The number of hydrogen-bond donors (Lipinski definition) is 3. The summed E-state index contributed by atoms with van der Waals surface area (Å²) in [6.07, 6.45) is 0.581. The molecule has 0 aromatic heterocycles. The summed E-state index contributed by atoms with van der Waals surface area (Å²) in [6, 6.07) is 0. The van der Waals surface area contributed by atoms with Crippen molar-refractivity contribution < 1.29 is 5.06 Å². The van der Waals surface area contributed by atoms with Gasteiger partial charge in [0.25, 0.3) is 0 Å². The van der Waals surface area contributed by atoms with Gasteiger partial charge in [-0.1, -0.05) is 6.92 Å². The molecule has 4 N–H and O–H groups in total. The SMILES string of the molecule is CC[NH+]([O-])C(NC)C(C)(N)CC. The van der Waals surface area contributed by atoms with Gasteiger partial charge in [-0.2, -0.15) is 0 Å². The summed E-state index contributed by atoms with van der Waals surface area (Å²) in [7, 11) is 1.78. The van der Waals surface area contributed by atoms with Gasteiger partial charge in [0.05, 0.1) is 12.1 Å². The van der Waals surface area contributed by atoms with Crippen LogP contribution in [-0.2, 0) is 0 Å².